The van der Waals surface area contributed by atoms with Crippen LogP contribution in [0.1, 0.15) is 42.9 Å². The number of hydrogen-bond acceptors (Lipinski definition) is 3. The van der Waals surface area contributed by atoms with Crippen molar-refractivity contribution < 1.29 is 9.59 Å². The molecule has 6 nitrogen and oxygen atoms in total. The van der Waals surface area contributed by atoms with Crippen molar-refractivity contribution in [3.63, 3.8) is 0 Å². The van der Waals surface area contributed by atoms with Crippen LogP contribution in [0.25, 0.3) is 0 Å². The highest BCUT2D eigenvalue weighted by Gasteiger charge is 2.20. The van der Waals surface area contributed by atoms with Gasteiger partial charge < -0.3 is 10.6 Å². The van der Waals surface area contributed by atoms with E-state index in [-0.39, 0.29) is 11.8 Å². The molecule has 0 radical (unpaired) electrons. The Labute approximate surface area is 113 Å². The van der Waals surface area contributed by atoms with Gasteiger partial charge >= 0.3 is 0 Å². The lowest BCUT2D eigenvalue weighted by molar-refractivity contribution is -0.122. The van der Waals surface area contributed by atoms with E-state index in [0.29, 0.717) is 12.1 Å². The van der Waals surface area contributed by atoms with Gasteiger partial charge in [0.15, 0.2) is 0 Å². The lowest BCUT2D eigenvalue weighted by Gasteiger charge is -2.15. The van der Waals surface area contributed by atoms with Gasteiger partial charge in [-0.05, 0) is 18.9 Å². The Bertz CT molecular complexity index is 453. The van der Waals surface area contributed by atoms with E-state index in [4.69, 9.17) is 0 Å². The van der Waals surface area contributed by atoms with E-state index in [1.165, 1.54) is 0 Å². The van der Waals surface area contributed by atoms with Crippen LogP contribution in [0.15, 0.2) is 6.07 Å². The van der Waals surface area contributed by atoms with E-state index in [0.717, 1.165) is 18.5 Å². The molecule has 6 heteroatoms. The lowest BCUT2D eigenvalue weighted by atomic mass is 10.2. The van der Waals surface area contributed by atoms with E-state index in [2.05, 4.69) is 22.7 Å². The third kappa shape index (κ3) is 3.81. The van der Waals surface area contributed by atoms with Crippen molar-refractivity contribution in [3.05, 3.63) is 17.5 Å². The van der Waals surface area contributed by atoms with Crippen LogP contribution < -0.4 is 10.6 Å². The number of amides is 2. The molecule has 2 amide bonds. The van der Waals surface area contributed by atoms with Gasteiger partial charge in [-0.15, -0.1) is 0 Å². The average molecular weight is 266 g/mol. The van der Waals surface area contributed by atoms with Gasteiger partial charge in [-0.1, -0.05) is 20.3 Å². The largest absolute Gasteiger partial charge is 0.357 e. The molecule has 1 atom stereocenters. The molecule has 106 valence electrons. The summed E-state index contributed by atoms with van der Waals surface area (Å²) in [5.74, 6) is -0.459. The van der Waals surface area contributed by atoms with E-state index < -0.39 is 6.04 Å². The van der Waals surface area contributed by atoms with Gasteiger partial charge in [-0.2, -0.15) is 5.10 Å². The summed E-state index contributed by atoms with van der Waals surface area (Å²) in [5, 5.41) is 9.53. The number of carbonyl (C=O) groups is 2. The number of carbonyl (C=O) groups excluding carboxylic acids is 2. The molecule has 1 heterocycles. The van der Waals surface area contributed by atoms with Gasteiger partial charge in [-0.25, -0.2) is 0 Å². The Morgan fingerprint density at radius 3 is 2.63 bits per heavy atom. The third-order valence-electron chi connectivity index (χ3n) is 2.95. The molecule has 0 aromatic carbocycles. The zero-order chi connectivity index (χ0) is 14.4. The summed E-state index contributed by atoms with van der Waals surface area (Å²) in [5.41, 5.74) is 1.37. The quantitative estimate of drug-likeness (QED) is 0.793. The van der Waals surface area contributed by atoms with Crippen molar-refractivity contribution in [2.24, 2.45) is 7.05 Å². The molecule has 0 fully saturated rings. The van der Waals surface area contributed by atoms with Crippen LogP contribution in [0.5, 0.6) is 0 Å². The normalized spacial score (nSPS) is 12.0. The van der Waals surface area contributed by atoms with Crippen LogP contribution in [-0.2, 0) is 18.3 Å². The molecule has 0 aliphatic carbocycles. The summed E-state index contributed by atoms with van der Waals surface area (Å²) >= 11 is 0. The molecule has 0 spiro atoms. The fourth-order valence-corrected chi connectivity index (χ4v) is 1.88. The first-order valence-corrected chi connectivity index (χ1v) is 6.58. The molecule has 1 aromatic heterocycles. The number of aromatic nitrogens is 2. The second kappa shape index (κ2) is 6.92. The molecule has 0 aliphatic rings. The van der Waals surface area contributed by atoms with E-state index >= 15 is 0 Å². The van der Waals surface area contributed by atoms with Crippen LogP contribution >= 0.6 is 0 Å². The molecular formula is C13H22N4O2. The predicted octanol–water partition coefficient (Wildman–Crippen LogP) is 0.627. The fraction of sp³-hybridized carbons (Fsp3) is 0.615. The number of nitrogens with zero attached hydrogens (tertiary/aromatic N) is 2. The van der Waals surface area contributed by atoms with Crippen molar-refractivity contribution in [1.29, 1.82) is 0 Å². The Balaban J connectivity index is 2.79. The van der Waals surface area contributed by atoms with Crippen molar-refractivity contribution in [2.75, 3.05) is 7.05 Å². The highest BCUT2D eigenvalue weighted by molar-refractivity contribution is 5.96. The first-order chi connectivity index (χ1) is 9.03. The topological polar surface area (TPSA) is 76.0 Å². The summed E-state index contributed by atoms with van der Waals surface area (Å²) in [4.78, 5) is 23.7. The molecule has 0 bridgehead atoms. The molecule has 0 saturated carbocycles. The average Bonchev–Trinajstić information content (AvgIpc) is 2.76. The third-order valence-corrected chi connectivity index (χ3v) is 2.95. The second-order valence-corrected chi connectivity index (χ2v) is 4.44. The Hall–Kier alpha value is -1.85. The van der Waals surface area contributed by atoms with Gasteiger partial charge in [0.2, 0.25) is 5.91 Å². The summed E-state index contributed by atoms with van der Waals surface area (Å²) in [6, 6.07) is 1.26. The Kier molecular flexibility index (Phi) is 5.54. The Morgan fingerprint density at radius 2 is 2.11 bits per heavy atom. The molecule has 0 unspecified atom stereocenters. The summed E-state index contributed by atoms with van der Waals surface area (Å²) in [6.07, 6.45) is 2.37. The molecule has 0 aliphatic heterocycles. The van der Waals surface area contributed by atoms with Crippen LogP contribution in [0, 0.1) is 0 Å². The van der Waals surface area contributed by atoms with E-state index in [1.807, 2.05) is 6.92 Å². The van der Waals surface area contributed by atoms with E-state index in [1.54, 1.807) is 24.8 Å². The minimum absolute atomic E-state index is 0.188. The van der Waals surface area contributed by atoms with Gasteiger partial charge in [0, 0.05) is 14.1 Å². The van der Waals surface area contributed by atoms with Crippen molar-refractivity contribution >= 4 is 11.8 Å². The van der Waals surface area contributed by atoms with E-state index in [9.17, 15) is 9.59 Å². The van der Waals surface area contributed by atoms with Crippen LogP contribution in [0.3, 0.4) is 0 Å². The highest BCUT2D eigenvalue weighted by Crippen LogP contribution is 2.06. The zero-order valence-electron chi connectivity index (χ0n) is 12.0. The minimum Gasteiger partial charge on any atom is -0.357 e. The van der Waals surface area contributed by atoms with Crippen molar-refractivity contribution in [2.45, 2.75) is 39.2 Å². The maximum Gasteiger partial charge on any atom is 0.270 e. The number of likely N-dealkylation sites (N-methyl/N-ethyl adjacent to an activating group) is 1. The molecular weight excluding hydrogens is 244 g/mol. The maximum absolute atomic E-state index is 12.1. The van der Waals surface area contributed by atoms with Gasteiger partial charge in [0.1, 0.15) is 11.7 Å². The summed E-state index contributed by atoms with van der Waals surface area (Å²) < 4.78 is 1.55. The SMILES string of the molecule is CCCc1cc(C(=O)N[C@@H](CC)C(=O)NC)n(C)n1. The van der Waals surface area contributed by atoms with Gasteiger partial charge in [0.05, 0.1) is 5.69 Å². The highest BCUT2D eigenvalue weighted by atomic mass is 16.2. The second-order valence-electron chi connectivity index (χ2n) is 4.44. The van der Waals surface area contributed by atoms with Crippen LogP contribution in [-0.4, -0.2) is 34.7 Å². The van der Waals surface area contributed by atoms with Gasteiger partial charge in [-0.3, -0.25) is 14.3 Å². The van der Waals surface area contributed by atoms with Crippen molar-refractivity contribution in [1.82, 2.24) is 20.4 Å². The predicted molar refractivity (Wildman–Crippen MR) is 72.8 cm³/mol. The number of rotatable bonds is 6. The molecule has 1 rings (SSSR count). The number of nitrogens with one attached hydrogen (secondary N) is 2. The standard InChI is InChI=1S/C13H22N4O2/c1-5-7-9-8-11(17(4)16-9)13(19)15-10(6-2)12(18)14-3/h8,10H,5-7H2,1-4H3,(H,14,18)(H,15,19)/t10-/m0/s1. The fourth-order valence-electron chi connectivity index (χ4n) is 1.88. The minimum atomic E-state index is -0.512. The number of hydrogen-bond donors (Lipinski definition) is 2. The molecule has 0 saturated heterocycles. The smallest absolute Gasteiger partial charge is 0.270 e. The zero-order valence-corrected chi connectivity index (χ0v) is 12.0. The lowest BCUT2D eigenvalue weighted by Crippen LogP contribution is -2.45. The van der Waals surface area contributed by atoms with Gasteiger partial charge in [0.25, 0.3) is 5.91 Å². The van der Waals surface area contributed by atoms with Crippen molar-refractivity contribution in [3.8, 4) is 0 Å². The first kappa shape index (κ1) is 15.2. The first-order valence-electron chi connectivity index (χ1n) is 6.58. The Morgan fingerprint density at radius 1 is 1.42 bits per heavy atom. The monoisotopic (exact) mass is 266 g/mol. The molecule has 1 aromatic rings. The molecule has 2 N–H and O–H groups in total. The summed E-state index contributed by atoms with van der Waals surface area (Å²) in [7, 11) is 3.29. The maximum atomic E-state index is 12.1. The molecule has 19 heavy (non-hydrogen) atoms. The summed E-state index contributed by atoms with van der Waals surface area (Å²) in [6.45, 7) is 3.92. The van der Waals surface area contributed by atoms with Crippen LogP contribution in [0.4, 0.5) is 0 Å². The number of aryl methyl sites for hydroxylation is 2. The van der Waals surface area contributed by atoms with Crippen LogP contribution in [0.2, 0.25) is 0 Å².